The van der Waals surface area contributed by atoms with Crippen LogP contribution < -0.4 is 5.32 Å². The molecule has 4 saturated carbocycles. The number of amides is 1. The quantitative estimate of drug-likeness (QED) is 0.862. The monoisotopic (exact) mass is 341 g/mol. The molecule has 4 nitrogen and oxygen atoms in total. The third-order valence-corrected chi connectivity index (χ3v) is 6.83. The molecule has 134 valence electrons. The summed E-state index contributed by atoms with van der Waals surface area (Å²) < 4.78 is 0. The van der Waals surface area contributed by atoms with Gasteiger partial charge in [-0.05, 0) is 68.3 Å². The smallest absolute Gasteiger partial charge is 0.305 e. The van der Waals surface area contributed by atoms with Crippen molar-refractivity contribution in [2.75, 3.05) is 6.54 Å². The molecule has 0 spiro atoms. The van der Waals surface area contributed by atoms with Crippen molar-refractivity contribution in [3.05, 3.63) is 35.4 Å². The zero-order chi connectivity index (χ0) is 17.7. The van der Waals surface area contributed by atoms with Gasteiger partial charge in [0.15, 0.2) is 0 Å². The summed E-state index contributed by atoms with van der Waals surface area (Å²) in [5.41, 5.74) is 2.53. The van der Waals surface area contributed by atoms with Crippen LogP contribution in [-0.2, 0) is 15.0 Å². The fourth-order valence-corrected chi connectivity index (χ4v) is 6.24. The Kier molecular flexibility index (Phi) is 3.89. The van der Waals surface area contributed by atoms with Gasteiger partial charge in [0.05, 0.1) is 11.8 Å². The molecule has 4 aliphatic rings. The minimum absolute atomic E-state index is 0.00220. The van der Waals surface area contributed by atoms with Gasteiger partial charge in [-0.25, -0.2) is 0 Å². The SMILES string of the molecule is Cc1ccc(C23CC4CC(CC(C(=O)NCCC(=O)O)(C4)C2)C3)cc1. The minimum Gasteiger partial charge on any atom is -0.481 e. The van der Waals surface area contributed by atoms with E-state index in [0.29, 0.717) is 11.8 Å². The topological polar surface area (TPSA) is 66.4 Å². The second kappa shape index (κ2) is 5.86. The molecule has 2 N–H and O–H groups in total. The Balaban J connectivity index is 1.59. The Bertz CT molecular complexity index is 680. The first kappa shape index (κ1) is 16.6. The number of carboxylic acids is 1. The lowest BCUT2D eigenvalue weighted by Gasteiger charge is -2.61. The molecule has 0 aliphatic heterocycles. The van der Waals surface area contributed by atoms with E-state index in [9.17, 15) is 9.59 Å². The van der Waals surface area contributed by atoms with Crippen LogP contribution in [0.25, 0.3) is 0 Å². The number of hydrogen-bond donors (Lipinski definition) is 2. The largest absolute Gasteiger partial charge is 0.481 e. The molecule has 25 heavy (non-hydrogen) atoms. The van der Waals surface area contributed by atoms with E-state index in [0.717, 1.165) is 19.3 Å². The molecule has 0 saturated heterocycles. The predicted octanol–water partition coefficient (Wildman–Crippen LogP) is 3.42. The molecule has 1 aromatic carbocycles. The van der Waals surface area contributed by atoms with Crippen LogP contribution in [0, 0.1) is 24.2 Å². The maximum absolute atomic E-state index is 13.0. The molecule has 0 radical (unpaired) electrons. The molecule has 4 fully saturated rings. The van der Waals surface area contributed by atoms with Gasteiger partial charge in [-0.15, -0.1) is 0 Å². The first-order valence-electron chi connectivity index (χ1n) is 9.48. The van der Waals surface area contributed by atoms with E-state index in [1.807, 2.05) is 0 Å². The molecule has 2 atom stereocenters. The fraction of sp³-hybridized carbons (Fsp3) is 0.619. The van der Waals surface area contributed by atoms with Crippen molar-refractivity contribution in [1.82, 2.24) is 5.32 Å². The van der Waals surface area contributed by atoms with Crippen LogP contribution in [0.1, 0.15) is 56.1 Å². The first-order chi connectivity index (χ1) is 11.9. The first-order valence-corrected chi connectivity index (χ1v) is 9.48. The van der Waals surface area contributed by atoms with E-state index in [4.69, 9.17) is 5.11 Å². The van der Waals surface area contributed by atoms with Gasteiger partial charge in [0.25, 0.3) is 0 Å². The second-order valence-electron chi connectivity index (χ2n) is 8.79. The van der Waals surface area contributed by atoms with E-state index in [1.165, 1.54) is 30.4 Å². The average Bonchev–Trinajstić information content (AvgIpc) is 2.53. The summed E-state index contributed by atoms with van der Waals surface area (Å²) in [5, 5.41) is 11.8. The van der Waals surface area contributed by atoms with Crippen LogP contribution in [0.2, 0.25) is 0 Å². The lowest BCUT2D eigenvalue weighted by atomic mass is 9.42. The van der Waals surface area contributed by atoms with Gasteiger partial charge in [-0.3, -0.25) is 9.59 Å². The van der Waals surface area contributed by atoms with Crippen molar-refractivity contribution in [3.63, 3.8) is 0 Å². The minimum atomic E-state index is -0.859. The normalized spacial score (nSPS) is 35.6. The third-order valence-electron chi connectivity index (χ3n) is 6.83. The number of aliphatic carboxylic acids is 1. The molecular weight excluding hydrogens is 314 g/mol. The molecule has 4 heteroatoms. The third kappa shape index (κ3) is 2.86. The number of carboxylic acid groups (broad SMARTS) is 1. The highest BCUT2D eigenvalue weighted by Gasteiger charge is 2.60. The van der Waals surface area contributed by atoms with Gasteiger partial charge in [0.2, 0.25) is 5.91 Å². The van der Waals surface area contributed by atoms with E-state index >= 15 is 0 Å². The number of hydrogen-bond acceptors (Lipinski definition) is 2. The number of carbonyl (C=O) groups excluding carboxylic acids is 1. The molecule has 1 amide bonds. The molecule has 0 heterocycles. The van der Waals surface area contributed by atoms with Crippen molar-refractivity contribution in [1.29, 1.82) is 0 Å². The van der Waals surface area contributed by atoms with Crippen LogP contribution in [0.3, 0.4) is 0 Å². The van der Waals surface area contributed by atoms with E-state index in [2.05, 4.69) is 36.5 Å². The van der Waals surface area contributed by atoms with Gasteiger partial charge >= 0.3 is 5.97 Å². The van der Waals surface area contributed by atoms with E-state index in [-0.39, 0.29) is 29.7 Å². The molecule has 4 aliphatic carbocycles. The number of nitrogens with one attached hydrogen (secondary N) is 1. The molecule has 4 bridgehead atoms. The summed E-state index contributed by atoms with van der Waals surface area (Å²) in [6.07, 6.45) is 6.56. The van der Waals surface area contributed by atoms with Crippen molar-refractivity contribution >= 4 is 11.9 Å². The van der Waals surface area contributed by atoms with Gasteiger partial charge in [0.1, 0.15) is 0 Å². The second-order valence-corrected chi connectivity index (χ2v) is 8.79. The highest BCUT2D eigenvalue weighted by Crippen LogP contribution is 2.65. The number of carbonyl (C=O) groups is 2. The van der Waals surface area contributed by atoms with Gasteiger partial charge in [0, 0.05) is 6.54 Å². The molecule has 1 aromatic rings. The maximum Gasteiger partial charge on any atom is 0.305 e. The fourth-order valence-electron chi connectivity index (χ4n) is 6.24. The van der Waals surface area contributed by atoms with Crippen LogP contribution >= 0.6 is 0 Å². The number of benzene rings is 1. The van der Waals surface area contributed by atoms with Crippen LogP contribution in [-0.4, -0.2) is 23.5 Å². The van der Waals surface area contributed by atoms with E-state index in [1.54, 1.807) is 0 Å². The van der Waals surface area contributed by atoms with E-state index < -0.39 is 5.97 Å². The standard InChI is InChI=1S/C21H27NO3/c1-14-2-4-17(5-3-14)20-9-15-8-16(10-20)12-21(11-15,13-20)19(25)22-7-6-18(23)24/h2-5,15-16H,6-13H2,1H3,(H,22,25)(H,23,24). The van der Waals surface area contributed by atoms with Crippen LogP contribution in [0.4, 0.5) is 0 Å². The Hall–Kier alpha value is -1.84. The highest BCUT2D eigenvalue weighted by atomic mass is 16.4. The van der Waals surface area contributed by atoms with Crippen molar-refractivity contribution in [2.45, 2.75) is 57.3 Å². The molecule has 5 rings (SSSR count). The Morgan fingerprint density at radius 3 is 2.36 bits per heavy atom. The van der Waals surface area contributed by atoms with Crippen LogP contribution in [0.15, 0.2) is 24.3 Å². The van der Waals surface area contributed by atoms with Gasteiger partial charge < -0.3 is 10.4 Å². The van der Waals surface area contributed by atoms with Crippen molar-refractivity contribution in [3.8, 4) is 0 Å². The highest BCUT2D eigenvalue weighted by molar-refractivity contribution is 5.84. The lowest BCUT2D eigenvalue weighted by molar-refractivity contribution is -0.149. The van der Waals surface area contributed by atoms with Crippen LogP contribution in [0.5, 0.6) is 0 Å². The average molecular weight is 341 g/mol. The number of aryl methyl sites for hydroxylation is 1. The lowest BCUT2D eigenvalue weighted by Crippen LogP contribution is -2.59. The summed E-state index contributed by atoms with van der Waals surface area (Å²) in [4.78, 5) is 23.7. The van der Waals surface area contributed by atoms with Gasteiger partial charge in [-0.1, -0.05) is 29.8 Å². The molecule has 2 unspecified atom stereocenters. The summed E-state index contributed by atoms with van der Waals surface area (Å²) >= 11 is 0. The maximum atomic E-state index is 13.0. The van der Waals surface area contributed by atoms with Gasteiger partial charge in [-0.2, -0.15) is 0 Å². The summed E-state index contributed by atoms with van der Waals surface area (Å²) in [6, 6.07) is 8.90. The Morgan fingerprint density at radius 2 is 1.76 bits per heavy atom. The molecule has 0 aromatic heterocycles. The molecular formula is C21H27NO3. The van der Waals surface area contributed by atoms with Crippen molar-refractivity contribution < 1.29 is 14.7 Å². The zero-order valence-corrected chi connectivity index (χ0v) is 14.9. The number of rotatable bonds is 5. The predicted molar refractivity (Wildman–Crippen MR) is 95.2 cm³/mol. The van der Waals surface area contributed by atoms with Crippen molar-refractivity contribution in [2.24, 2.45) is 17.3 Å². The summed E-state index contributed by atoms with van der Waals surface area (Å²) in [5.74, 6) is 0.502. The Labute approximate surface area is 149 Å². The Morgan fingerprint density at radius 1 is 1.12 bits per heavy atom. The summed E-state index contributed by atoms with van der Waals surface area (Å²) in [7, 11) is 0. The zero-order valence-electron chi connectivity index (χ0n) is 14.9. The summed E-state index contributed by atoms with van der Waals surface area (Å²) in [6.45, 7) is 2.35.